The summed E-state index contributed by atoms with van der Waals surface area (Å²) < 4.78 is 47.4. The third kappa shape index (κ3) is 3.73. The van der Waals surface area contributed by atoms with Crippen molar-refractivity contribution in [1.29, 1.82) is 0 Å². The van der Waals surface area contributed by atoms with Crippen molar-refractivity contribution < 1.29 is 27.5 Å². The predicted molar refractivity (Wildman–Crippen MR) is 113 cm³/mol. The molecule has 0 bridgehead atoms. The van der Waals surface area contributed by atoms with Crippen LogP contribution in [0.4, 0.5) is 13.2 Å². The second-order valence-electron chi connectivity index (χ2n) is 7.34. The Morgan fingerprint density at radius 1 is 1.16 bits per heavy atom. The molecule has 1 atom stereocenters. The van der Waals surface area contributed by atoms with Crippen molar-refractivity contribution in [2.24, 2.45) is 5.73 Å². The Hall–Kier alpha value is -3.65. The quantitative estimate of drug-likeness (QED) is 0.754. The number of Topliss-reactive ketones (excluding diaryl/α,β-unsaturated/α-hetero) is 1. The smallest absolute Gasteiger partial charge is 0.248 e. The van der Waals surface area contributed by atoms with Gasteiger partial charge in [0.1, 0.15) is 11.6 Å². The summed E-state index contributed by atoms with van der Waals surface area (Å²) in [7, 11) is 1.16. The van der Waals surface area contributed by atoms with E-state index < -0.39 is 23.9 Å². The molecule has 1 amide bonds. The van der Waals surface area contributed by atoms with Gasteiger partial charge >= 0.3 is 0 Å². The summed E-state index contributed by atoms with van der Waals surface area (Å²) in [5, 5.41) is 0. The normalized spacial score (nSPS) is 16.7. The van der Waals surface area contributed by atoms with Crippen LogP contribution in [-0.2, 0) is 9.53 Å². The van der Waals surface area contributed by atoms with Gasteiger partial charge in [-0.2, -0.15) is 0 Å². The molecular weight excluding hydrogens is 421 g/mol. The Morgan fingerprint density at radius 3 is 2.59 bits per heavy atom. The lowest BCUT2D eigenvalue weighted by atomic mass is 9.87. The van der Waals surface area contributed by atoms with E-state index in [-0.39, 0.29) is 46.6 Å². The number of primary amides is 1. The maximum absolute atomic E-state index is 14.7. The summed E-state index contributed by atoms with van der Waals surface area (Å²) >= 11 is 0. The van der Waals surface area contributed by atoms with E-state index in [1.807, 2.05) is 0 Å². The Morgan fingerprint density at radius 2 is 1.91 bits per heavy atom. The molecule has 0 saturated heterocycles. The van der Waals surface area contributed by atoms with E-state index >= 15 is 0 Å². The van der Waals surface area contributed by atoms with Gasteiger partial charge in [0.05, 0.1) is 11.4 Å². The van der Waals surface area contributed by atoms with E-state index in [0.29, 0.717) is 11.4 Å². The van der Waals surface area contributed by atoms with E-state index in [9.17, 15) is 22.8 Å². The van der Waals surface area contributed by atoms with Crippen molar-refractivity contribution in [3.05, 3.63) is 94.2 Å². The van der Waals surface area contributed by atoms with Crippen LogP contribution in [0.3, 0.4) is 0 Å². The van der Waals surface area contributed by atoms with Gasteiger partial charge in [-0.25, -0.2) is 13.2 Å². The van der Waals surface area contributed by atoms with Crippen molar-refractivity contribution >= 4 is 23.0 Å². The van der Waals surface area contributed by atoms with Crippen molar-refractivity contribution in [2.75, 3.05) is 13.7 Å². The molecule has 1 unspecified atom stereocenters. The molecule has 8 heteroatoms. The highest BCUT2D eigenvalue weighted by Crippen LogP contribution is 2.40. The Bertz CT molecular complexity index is 1220. The number of nitrogens with zero attached hydrogens (tertiary/aromatic N) is 1. The molecular formula is C24H19F3N2O3. The zero-order chi connectivity index (χ0) is 23.0. The van der Waals surface area contributed by atoms with E-state index in [1.165, 1.54) is 24.3 Å². The average Bonchev–Trinajstić information content (AvgIpc) is 2.78. The van der Waals surface area contributed by atoms with Gasteiger partial charge in [0.25, 0.3) is 0 Å². The molecule has 2 N–H and O–H groups in total. The fourth-order valence-electron chi connectivity index (χ4n) is 3.96. The topological polar surface area (TPSA) is 72.6 Å². The first-order chi connectivity index (χ1) is 15.3. The highest BCUT2D eigenvalue weighted by atomic mass is 19.1. The number of carbonyl (C=O) groups is 2. The van der Waals surface area contributed by atoms with Crippen molar-refractivity contribution in [2.45, 2.75) is 12.8 Å². The van der Waals surface area contributed by atoms with Crippen LogP contribution in [0, 0.1) is 11.6 Å². The van der Waals surface area contributed by atoms with E-state index in [0.717, 1.165) is 19.2 Å². The largest absolute Gasteiger partial charge is 0.366 e. The van der Waals surface area contributed by atoms with Crippen LogP contribution in [0.15, 0.2) is 60.3 Å². The fourth-order valence-corrected chi connectivity index (χ4v) is 3.96. The molecule has 0 radical (unpaired) electrons. The molecule has 2 aliphatic rings. The van der Waals surface area contributed by atoms with Gasteiger partial charge < -0.3 is 15.4 Å². The minimum atomic E-state index is -1.90. The number of methoxy groups -OCH3 is 1. The lowest BCUT2D eigenvalue weighted by Gasteiger charge is -2.36. The number of rotatable bonds is 5. The predicted octanol–water partition coefficient (Wildman–Crippen LogP) is 4.28. The summed E-state index contributed by atoms with van der Waals surface area (Å²) in [6.45, 7) is 0.267. The van der Waals surface area contributed by atoms with Gasteiger partial charge in [-0.05, 0) is 42.0 Å². The molecule has 0 spiro atoms. The standard InChI is InChI=1S/C24H19F3N2O3/c1-32-23(27)17-11-13(24(28)31)5-7-15(17)22-20-4-2-3-19(29(20)10-9-21(22)30)16-8-6-14(25)12-18(16)26/h2-8,11-12,23H,9-10H2,1H3,(H2,28,31). The molecule has 32 heavy (non-hydrogen) atoms. The maximum Gasteiger partial charge on any atom is 0.248 e. The first-order valence-corrected chi connectivity index (χ1v) is 9.81. The van der Waals surface area contributed by atoms with Crippen molar-refractivity contribution in [3.8, 4) is 0 Å². The number of hydrogen-bond acceptors (Lipinski definition) is 4. The molecule has 2 aromatic rings. The Balaban J connectivity index is 1.89. The minimum absolute atomic E-state index is 0.0148. The number of carbonyl (C=O) groups excluding carboxylic acids is 2. The minimum Gasteiger partial charge on any atom is -0.366 e. The van der Waals surface area contributed by atoms with Gasteiger partial charge in [0.2, 0.25) is 12.3 Å². The monoisotopic (exact) mass is 440 g/mol. The number of ether oxygens (including phenoxy) is 1. The first kappa shape index (κ1) is 21.6. The zero-order valence-corrected chi connectivity index (χ0v) is 17.1. The van der Waals surface area contributed by atoms with Gasteiger partial charge in [0.15, 0.2) is 5.78 Å². The molecule has 0 fully saturated rings. The lowest BCUT2D eigenvalue weighted by Crippen LogP contribution is -2.32. The number of amides is 1. The Kier molecular flexibility index (Phi) is 5.71. The van der Waals surface area contributed by atoms with Crippen molar-refractivity contribution in [3.63, 3.8) is 0 Å². The third-order valence-corrected chi connectivity index (χ3v) is 5.45. The van der Waals surface area contributed by atoms with Gasteiger partial charge in [-0.15, -0.1) is 0 Å². The number of alkyl halides is 1. The van der Waals surface area contributed by atoms with Gasteiger partial charge in [0, 0.05) is 48.4 Å². The number of halogens is 3. The molecule has 5 nitrogen and oxygen atoms in total. The molecule has 0 aromatic heterocycles. The first-order valence-electron chi connectivity index (χ1n) is 9.81. The summed E-state index contributed by atoms with van der Waals surface area (Å²) in [5.74, 6) is -2.42. The number of hydrogen-bond donors (Lipinski definition) is 1. The summed E-state index contributed by atoms with van der Waals surface area (Å²) in [6.07, 6.45) is 3.16. The molecule has 2 aromatic carbocycles. The van der Waals surface area contributed by atoms with Crippen molar-refractivity contribution in [1.82, 2.24) is 4.90 Å². The molecule has 0 saturated carbocycles. The summed E-state index contributed by atoms with van der Waals surface area (Å²) in [5.41, 5.74) is 6.91. The number of nitrogens with two attached hydrogens (primary N) is 1. The number of benzene rings is 2. The van der Waals surface area contributed by atoms with Crippen LogP contribution in [0.1, 0.15) is 39.8 Å². The summed E-state index contributed by atoms with van der Waals surface area (Å²) in [6, 6.07) is 7.40. The van der Waals surface area contributed by atoms with Gasteiger partial charge in [-0.1, -0.05) is 12.1 Å². The van der Waals surface area contributed by atoms with Crippen LogP contribution in [0.25, 0.3) is 11.3 Å². The molecule has 0 aliphatic carbocycles. The molecule has 2 aliphatic heterocycles. The molecule has 4 rings (SSSR count). The van der Waals surface area contributed by atoms with Crippen LogP contribution < -0.4 is 5.73 Å². The third-order valence-electron chi connectivity index (χ3n) is 5.45. The van der Waals surface area contributed by atoms with Crippen LogP contribution in [-0.4, -0.2) is 30.2 Å². The highest BCUT2D eigenvalue weighted by Gasteiger charge is 2.32. The average molecular weight is 440 g/mol. The van der Waals surface area contributed by atoms with Crippen LogP contribution >= 0.6 is 0 Å². The number of ketones is 1. The molecule has 2 heterocycles. The van der Waals surface area contributed by atoms with E-state index in [2.05, 4.69) is 0 Å². The van der Waals surface area contributed by atoms with Crippen LogP contribution in [0.2, 0.25) is 0 Å². The fraction of sp³-hybridized carbons (Fsp3) is 0.167. The zero-order valence-electron chi connectivity index (χ0n) is 17.1. The number of fused-ring (bicyclic) bond motifs is 1. The van der Waals surface area contributed by atoms with Gasteiger partial charge in [-0.3, -0.25) is 9.59 Å². The van der Waals surface area contributed by atoms with Crippen LogP contribution in [0.5, 0.6) is 0 Å². The SMILES string of the molecule is COC(F)c1cc(C(N)=O)ccc1C1=C2C=CC=C(c3ccc(F)cc3F)N2CCC1=O. The number of allylic oxidation sites excluding steroid dienone is 4. The van der Waals surface area contributed by atoms with E-state index in [4.69, 9.17) is 10.5 Å². The second-order valence-corrected chi connectivity index (χ2v) is 7.34. The molecule has 164 valence electrons. The maximum atomic E-state index is 14.7. The summed E-state index contributed by atoms with van der Waals surface area (Å²) in [4.78, 5) is 26.3. The van der Waals surface area contributed by atoms with E-state index in [1.54, 1.807) is 23.1 Å². The highest BCUT2D eigenvalue weighted by molar-refractivity contribution is 6.23. The Labute approximate surface area is 182 Å². The second kappa shape index (κ2) is 8.47. The lowest BCUT2D eigenvalue weighted by molar-refractivity contribution is -0.114.